The van der Waals surface area contributed by atoms with Crippen molar-refractivity contribution in [2.24, 2.45) is 5.92 Å². The van der Waals surface area contributed by atoms with Crippen LogP contribution in [0.25, 0.3) is 10.2 Å². The number of aromatic nitrogens is 1. The number of halogens is 2. The molecule has 3 nitrogen and oxygen atoms in total. The molecule has 0 aliphatic heterocycles. The summed E-state index contributed by atoms with van der Waals surface area (Å²) >= 11 is 1.84. The first-order chi connectivity index (χ1) is 10.1. The number of nitrogens with one attached hydrogen (secondary N) is 1. The molecule has 0 spiro atoms. The first-order valence-corrected chi connectivity index (χ1v) is 8.48. The molecule has 1 saturated carbocycles. The second kappa shape index (κ2) is 6.27. The van der Waals surface area contributed by atoms with Crippen molar-refractivity contribution in [3.8, 4) is 0 Å². The van der Waals surface area contributed by atoms with Crippen molar-refractivity contribution in [3.05, 3.63) is 18.2 Å². The number of benzene rings is 1. The molecule has 112 valence electrons. The lowest BCUT2D eigenvalue weighted by Crippen LogP contribution is -2.19. The van der Waals surface area contributed by atoms with Gasteiger partial charge < -0.3 is 5.32 Å². The smallest absolute Gasteiger partial charge is 0.288 e. The Bertz CT molecular complexity index is 653. The normalized spacial score (nSPS) is 16.0. The van der Waals surface area contributed by atoms with E-state index in [1.807, 2.05) is 0 Å². The van der Waals surface area contributed by atoms with Crippen LogP contribution in [0.5, 0.6) is 0 Å². The zero-order chi connectivity index (χ0) is 14.8. The fraction of sp³-hybridized carbons (Fsp3) is 0.429. The van der Waals surface area contributed by atoms with Crippen LogP contribution < -0.4 is 5.32 Å². The molecule has 1 aliphatic carbocycles. The molecule has 0 radical (unpaired) electrons. The average Bonchev–Trinajstić information content (AvgIpc) is 3.05. The van der Waals surface area contributed by atoms with Crippen molar-refractivity contribution in [1.29, 1.82) is 0 Å². The van der Waals surface area contributed by atoms with E-state index in [4.69, 9.17) is 0 Å². The molecule has 7 heteroatoms. The predicted molar refractivity (Wildman–Crippen MR) is 82.1 cm³/mol. The Morgan fingerprint density at radius 3 is 2.86 bits per heavy atom. The maximum atomic E-state index is 12.4. The second-order valence-corrected chi connectivity index (χ2v) is 7.09. The van der Waals surface area contributed by atoms with Crippen molar-refractivity contribution >= 4 is 44.4 Å². The molecule has 1 amide bonds. The Kier molecular flexibility index (Phi) is 4.40. The van der Waals surface area contributed by atoms with E-state index in [-0.39, 0.29) is 11.8 Å². The lowest BCUT2D eigenvalue weighted by atomic mass is 10.1. The maximum Gasteiger partial charge on any atom is 0.288 e. The first kappa shape index (κ1) is 14.7. The van der Waals surface area contributed by atoms with Crippen LogP contribution in [-0.2, 0) is 4.79 Å². The third-order valence-corrected chi connectivity index (χ3v) is 5.18. The monoisotopic (exact) mass is 328 g/mol. The summed E-state index contributed by atoms with van der Waals surface area (Å²) in [6.07, 6.45) is 4.08. The molecule has 0 saturated heterocycles. The highest BCUT2D eigenvalue weighted by atomic mass is 32.2. The average molecular weight is 328 g/mol. The minimum Gasteiger partial charge on any atom is -0.302 e. The number of anilines is 1. The lowest BCUT2D eigenvalue weighted by Gasteiger charge is -2.06. The number of thioether (sulfide) groups is 1. The van der Waals surface area contributed by atoms with Gasteiger partial charge in [0.05, 0.1) is 10.2 Å². The summed E-state index contributed by atoms with van der Waals surface area (Å²) in [5.41, 5.74) is 0.723. The number of hydrogen-bond acceptors (Lipinski definition) is 4. The van der Waals surface area contributed by atoms with Gasteiger partial charge in [-0.15, -0.1) is 0 Å². The fourth-order valence-corrected chi connectivity index (χ4v) is 4.05. The Labute approximate surface area is 129 Å². The van der Waals surface area contributed by atoms with E-state index in [2.05, 4.69) is 10.3 Å². The summed E-state index contributed by atoms with van der Waals surface area (Å²) in [4.78, 5) is 16.9. The molecule has 0 bridgehead atoms. The minimum atomic E-state index is -2.43. The Hall–Kier alpha value is -1.21. The van der Waals surface area contributed by atoms with Crippen LogP contribution in [0, 0.1) is 5.92 Å². The Balaban J connectivity index is 1.75. The SMILES string of the molecule is O=C(Nc1nc2ccc(SC(F)F)cc2s1)C1CCCC1. The summed E-state index contributed by atoms with van der Waals surface area (Å²) in [6, 6.07) is 5.03. The Morgan fingerprint density at radius 1 is 1.38 bits per heavy atom. The number of amides is 1. The van der Waals surface area contributed by atoms with E-state index in [0.29, 0.717) is 21.8 Å². The van der Waals surface area contributed by atoms with Gasteiger partial charge in [-0.1, -0.05) is 35.9 Å². The van der Waals surface area contributed by atoms with Crippen molar-refractivity contribution in [2.75, 3.05) is 5.32 Å². The van der Waals surface area contributed by atoms with Gasteiger partial charge in [-0.05, 0) is 31.0 Å². The van der Waals surface area contributed by atoms with Gasteiger partial charge in [-0.2, -0.15) is 8.78 Å². The van der Waals surface area contributed by atoms with Crippen LogP contribution in [0.2, 0.25) is 0 Å². The predicted octanol–water partition coefficient (Wildman–Crippen LogP) is 4.74. The molecule has 1 aromatic heterocycles. The summed E-state index contributed by atoms with van der Waals surface area (Å²) in [5.74, 6) is -2.33. The van der Waals surface area contributed by atoms with Crippen LogP contribution in [0.4, 0.5) is 13.9 Å². The number of carbonyl (C=O) groups excluding carboxylic acids is 1. The molecule has 2 aromatic rings. The molecule has 1 heterocycles. The van der Waals surface area contributed by atoms with Gasteiger partial charge in [-0.25, -0.2) is 4.98 Å². The molecule has 0 unspecified atom stereocenters. The van der Waals surface area contributed by atoms with E-state index < -0.39 is 5.76 Å². The van der Waals surface area contributed by atoms with E-state index in [1.54, 1.807) is 18.2 Å². The number of carbonyl (C=O) groups is 1. The quantitative estimate of drug-likeness (QED) is 0.824. The van der Waals surface area contributed by atoms with Crippen molar-refractivity contribution in [1.82, 2.24) is 4.98 Å². The molecule has 1 fully saturated rings. The highest BCUT2D eigenvalue weighted by Gasteiger charge is 2.23. The minimum absolute atomic E-state index is 0.0220. The van der Waals surface area contributed by atoms with E-state index in [0.717, 1.165) is 35.9 Å². The molecule has 1 N–H and O–H groups in total. The van der Waals surface area contributed by atoms with Crippen LogP contribution in [0.15, 0.2) is 23.1 Å². The third kappa shape index (κ3) is 3.52. The molecular weight excluding hydrogens is 314 g/mol. The number of fused-ring (bicyclic) bond motifs is 1. The molecule has 1 aliphatic rings. The van der Waals surface area contributed by atoms with Gasteiger partial charge >= 0.3 is 0 Å². The van der Waals surface area contributed by atoms with Crippen molar-refractivity contribution in [2.45, 2.75) is 36.3 Å². The molecule has 21 heavy (non-hydrogen) atoms. The fourth-order valence-electron chi connectivity index (χ4n) is 2.53. The van der Waals surface area contributed by atoms with E-state index in [9.17, 15) is 13.6 Å². The largest absolute Gasteiger partial charge is 0.302 e. The highest BCUT2D eigenvalue weighted by molar-refractivity contribution is 7.99. The summed E-state index contributed by atoms with van der Waals surface area (Å²) in [5, 5.41) is 3.39. The number of rotatable bonds is 4. The van der Waals surface area contributed by atoms with Gasteiger partial charge in [0.2, 0.25) is 5.91 Å². The van der Waals surface area contributed by atoms with Gasteiger partial charge in [0.1, 0.15) is 0 Å². The molecule has 0 atom stereocenters. The molecular formula is C14H14F2N2OS2. The second-order valence-electron chi connectivity index (χ2n) is 5.00. The highest BCUT2D eigenvalue weighted by Crippen LogP contribution is 2.33. The van der Waals surface area contributed by atoms with Crippen molar-refractivity contribution < 1.29 is 13.6 Å². The summed E-state index contributed by atoms with van der Waals surface area (Å²) < 4.78 is 25.5. The standard InChI is InChI=1S/C14H14F2N2OS2/c15-13(16)20-9-5-6-10-11(7-9)21-14(17-10)18-12(19)8-3-1-2-4-8/h5-8,13H,1-4H2,(H,17,18,19). The van der Waals surface area contributed by atoms with Gasteiger partial charge in [0.15, 0.2) is 5.13 Å². The number of alkyl halides is 2. The van der Waals surface area contributed by atoms with Crippen LogP contribution in [-0.4, -0.2) is 16.6 Å². The van der Waals surface area contributed by atoms with Crippen LogP contribution >= 0.6 is 23.1 Å². The van der Waals surface area contributed by atoms with Crippen molar-refractivity contribution in [3.63, 3.8) is 0 Å². The molecule has 1 aromatic carbocycles. The number of hydrogen-bond donors (Lipinski definition) is 1. The number of thiazole rings is 1. The van der Waals surface area contributed by atoms with Gasteiger partial charge in [-0.3, -0.25) is 4.79 Å². The topological polar surface area (TPSA) is 42.0 Å². The lowest BCUT2D eigenvalue weighted by molar-refractivity contribution is -0.119. The Morgan fingerprint density at radius 2 is 2.14 bits per heavy atom. The van der Waals surface area contributed by atoms with Crippen LogP contribution in [0.3, 0.4) is 0 Å². The zero-order valence-electron chi connectivity index (χ0n) is 11.1. The third-order valence-electron chi connectivity index (χ3n) is 3.54. The van der Waals surface area contributed by atoms with Gasteiger partial charge in [0, 0.05) is 10.8 Å². The van der Waals surface area contributed by atoms with E-state index in [1.165, 1.54) is 11.3 Å². The summed E-state index contributed by atoms with van der Waals surface area (Å²) in [6.45, 7) is 0. The van der Waals surface area contributed by atoms with Gasteiger partial charge in [0.25, 0.3) is 5.76 Å². The maximum absolute atomic E-state index is 12.4. The molecule has 3 rings (SSSR count). The van der Waals surface area contributed by atoms with E-state index >= 15 is 0 Å². The van der Waals surface area contributed by atoms with Crippen LogP contribution in [0.1, 0.15) is 25.7 Å². The summed E-state index contributed by atoms with van der Waals surface area (Å²) in [7, 11) is 0. The number of nitrogens with zero attached hydrogens (tertiary/aromatic N) is 1. The first-order valence-electron chi connectivity index (χ1n) is 6.78. The zero-order valence-corrected chi connectivity index (χ0v) is 12.8.